The lowest BCUT2D eigenvalue weighted by molar-refractivity contribution is 0.0624. The maximum absolute atomic E-state index is 11.9. The summed E-state index contributed by atoms with van der Waals surface area (Å²) in [6.45, 7) is 8.53. The lowest BCUT2D eigenvalue weighted by atomic mass is 10.1. The normalized spacial score (nSPS) is 12.8. The van der Waals surface area contributed by atoms with E-state index in [2.05, 4.69) is 19.2 Å². The first-order valence-corrected chi connectivity index (χ1v) is 7.55. The van der Waals surface area contributed by atoms with Crippen LogP contribution in [-0.4, -0.2) is 54.7 Å². The van der Waals surface area contributed by atoms with Crippen LogP contribution >= 0.6 is 0 Å². The molecule has 0 atom stereocenters. The van der Waals surface area contributed by atoms with Gasteiger partial charge in [0.1, 0.15) is 5.75 Å². The van der Waals surface area contributed by atoms with Crippen molar-refractivity contribution < 1.29 is 19.4 Å². The quantitative estimate of drug-likeness (QED) is 0.774. The Bertz CT molecular complexity index is 515. The zero-order chi connectivity index (χ0) is 16.5. The van der Waals surface area contributed by atoms with E-state index in [0.29, 0.717) is 23.5 Å². The Hall–Kier alpha value is -1.92. The molecule has 22 heavy (non-hydrogen) atoms. The number of β-amino-alcohol motifs (C(OH)–C–C–N with tert-alkyl or cyclic N) is 1. The average molecular weight is 308 g/mol. The first-order chi connectivity index (χ1) is 10.6. The van der Waals surface area contributed by atoms with Crippen molar-refractivity contribution >= 4 is 11.8 Å². The molecule has 0 aliphatic carbocycles. The summed E-state index contributed by atoms with van der Waals surface area (Å²) in [7, 11) is 0. The van der Waals surface area contributed by atoms with Crippen molar-refractivity contribution in [1.82, 2.24) is 10.2 Å². The Morgan fingerprint density at radius 2 is 1.73 bits per heavy atom. The second kappa shape index (κ2) is 9.17. The second-order valence-electron chi connectivity index (χ2n) is 4.58. The fourth-order valence-electron chi connectivity index (χ4n) is 2.08. The fourth-order valence-corrected chi connectivity index (χ4v) is 2.08. The molecule has 2 rings (SSSR count). The SMILES string of the molecule is CCNCC.CCOc1ccc2c(c1)C(=O)N(CCO)C2=O. The number of hydrogen-bond donors (Lipinski definition) is 2. The lowest BCUT2D eigenvalue weighted by Crippen LogP contribution is -2.32. The van der Waals surface area contributed by atoms with Gasteiger partial charge in [0, 0.05) is 0 Å². The van der Waals surface area contributed by atoms with Crippen LogP contribution in [-0.2, 0) is 0 Å². The van der Waals surface area contributed by atoms with Crippen molar-refractivity contribution in [3.05, 3.63) is 29.3 Å². The third-order valence-electron chi connectivity index (χ3n) is 3.08. The van der Waals surface area contributed by atoms with Gasteiger partial charge in [0.05, 0.1) is 30.9 Å². The minimum Gasteiger partial charge on any atom is -0.494 e. The van der Waals surface area contributed by atoms with Crippen molar-refractivity contribution in [2.75, 3.05) is 32.8 Å². The van der Waals surface area contributed by atoms with Gasteiger partial charge >= 0.3 is 0 Å². The number of carbonyl (C=O) groups is 2. The van der Waals surface area contributed by atoms with Gasteiger partial charge in [0.2, 0.25) is 0 Å². The first-order valence-electron chi connectivity index (χ1n) is 7.55. The van der Waals surface area contributed by atoms with E-state index in [1.807, 2.05) is 6.92 Å². The molecule has 0 saturated carbocycles. The summed E-state index contributed by atoms with van der Waals surface area (Å²) in [6, 6.07) is 4.81. The number of hydrogen-bond acceptors (Lipinski definition) is 5. The van der Waals surface area contributed by atoms with E-state index in [-0.39, 0.29) is 25.0 Å². The van der Waals surface area contributed by atoms with E-state index in [1.165, 1.54) is 0 Å². The van der Waals surface area contributed by atoms with Crippen molar-refractivity contribution in [1.29, 1.82) is 0 Å². The van der Waals surface area contributed by atoms with Gasteiger partial charge in [-0.2, -0.15) is 0 Å². The Kier molecular flexibility index (Phi) is 7.56. The molecule has 0 saturated heterocycles. The van der Waals surface area contributed by atoms with Gasteiger partial charge in [-0.05, 0) is 38.2 Å². The summed E-state index contributed by atoms with van der Waals surface area (Å²) >= 11 is 0. The van der Waals surface area contributed by atoms with Gasteiger partial charge in [0.15, 0.2) is 0 Å². The largest absolute Gasteiger partial charge is 0.494 e. The lowest BCUT2D eigenvalue weighted by Gasteiger charge is -2.10. The van der Waals surface area contributed by atoms with Gasteiger partial charge in [0.25, 0.3) is 11.8 Å². The van der Waals surface area contributed by atoms with Gasteiger partial charge in [-0.1, -0.05) is 13.8 Å². The molecular weight excluding hydrogens is 284 g/mol. The van der Waals surface area contributed by atoms with Crippen molar-refractivity contribution in [2.45, 2.75) is 20.8 Å². The monoisotopic (exact) mass is 308 g/mol. The van der Waals surface area contributed by atoms with Crippen LogP contribution in [0.3, 0.4) is 0 Å². The molecule has 2 N–H and O–H groups in total. The van der Waals surface area contributed by atoms with Crippen molar-refractivity contribution in [3.63, 3.8) is 0 Å². The molecule has 1 aromatic carbocycles. The van der Waals surface area contributed by atoms with Gasteiger partial charge in [-0.25, -0.2) is 0 Å². The molecule has 0 aromatic heterocycles. The molecule has 0 fully saturated rings. The van der Waals surface area contributed by atoms with E-state index < -0.39 is 0 Å². The van der Waals surface area contributed by atoms with Crippen LogP contribution in [0.4, 0.5) is 0 Å². The van der Waals surface area contributed by atoms with Gasteiger partial charge < -0.3 is 15.2 Å². The number of aliphatic hydroxyl groups is 1. The summed E-state index contributed by atoms with van der Waals surface area (Å²) < 4.78 is 5.28. The number of benzene rings is 1. The number of rotatable bonds is 6. The number of nitrogens with one attached hydrogen (secondary N) is 1. The van der Waals surface area contributed by atoms with Crippen LogP contribution in [0.15, 0.2) is 18.2 Å². The van der Waals surface area contributed by atoms with E-state index in [0.717, 1.165) is 18.0 Å². The molecule has 1 aliphatic rings. The fraction of sp³-hybridized carbons (Fsp3) is 0.500. The second-order valence-corrected chi connectivity index (χ2v) is 4.58. The number of carbonyl (C=O) groups excluding carboxylic acids is 2. The Morgan fingerprint density at radius 3 is 2.23 bits per heavy atom. The molecule has 1 aliphatic heterocycles. The summed E-state index contributed by atoms with van der Waals surface area (Å²) in [6.07, 6.45) is 0. The van der Waals surface area contributed by atoms with Gasteiger partial charge in [-0.3, -0.25) is 14.5 Å². The Labute approximate surface area is 131 Å². The molecule has 6 heteroatoms. The molecule has 1 heterocycles. The molecular formula is C16H24N2O4. The molecule has 0 bridgehead atoms. The Balaban J connectivity index is 0.000000422. The van der Waals surface area contributed by atoms with E-state index in [9.17, 15) is 9.59 Å². The number of fused-ring (bicyclic) bond motifs is 1. The molecule has 6 nitrogen and oxygen atoms in total. The smallest absolute Gasteiger partial charge is 0.261 e. The molecule has 122 valence electrons. The highest BCUT2D eigenvalue weighted by atomic mass is 16.5. The maximum atomic E-state index is 11.9. The molecule has 1 aromatic rings. The van der Waals surface area contributed by atoms with E-state index in [1.54, 1.807) is 18.2 Å². The highest BCUT2D eigenvalue weighted by Crippen LogP contribution is 2.26. The van der Waals surface area contributed by atoms with Gasteiger partial charge in [-0.15, -0.1) is 0 Å². The predicted octanol–water partition coefficient (Wildman–Crippen LogP) is 1.29. The minimum absolute atomic E-state index is 0.0241. The maximum Gasteiger partial charge on any atom is 0.261 e. The highest BCUT2D eigenvalue weighted by molar-refractivity contribution is 6.21. The number of imide groups is 1. The molecule has 0 unspecified atom stereocenters. The average Bonchev–Trinajstić information content (AvgIpc) is 2.74. The minimum atomic E-state index is -0.374. The zero-order valence-electron chi connectivity index (χ0n) is 13.4. The standard InChI is InChI=1S/C12H13NO4.C4H11N/c1-2-17-8-3-4-9-10(7-8)12(16)13(5-6-14)11(9)15;1-3-5-4-2/h3-4,7,14H,2,5-6H2,1H3;5H,3-4H2,1-2H3. The summed E-state index contributed by atoms with van der Waals surface area (Å²) in [5, 5.41) is 11.9. The highest BCUT2D eigenvalue weighted by Gasteiger charge is 2.35. The Morgan fingerprint density at radius 1 is 1.09 bits per heavy atom. The molecule has 2 amide bonds. The number of amides is 2. The number of ether oxygens (including phenoxy) is 1. The van der Waals surface area contributed by atoms with Crippen LogP contribution in [0.5, 0.6) is 5.75 Å². The zero-order valence-corrected chi connectivity index (χ0v) is 13.4. The first kappa shape index (κ1) is 18.1. The number of nitrogens with zero attached hydrogens (tertiary/aromatic N) is 1. The summed E-state index contributed by atoms with van der Waals surface area (Å²) in [4.78, 5) is 24.8. The van der Waals surface area contributed by atoms with E-state index >= 15 is 0 Å². The van der Waals surface area contributed by atoms with Crippen LogP contribution in [0.25, 0.3) is 0 Å². The van der Waals surface area contributed by atoms with E-state index in [4.69, 9.17) is 9.84 Å². The van der Waals surface area contributed by atoms with Crippen LogP contribution in [0.1, 0.15) is 41.5 Å². The van der Waals surface area contributed by atoms with Crippen LogP contribution < -0.4 is 10.1 Å². The van der Waals surface area contributed by atoms with Crippen molar-refractivity contribution in [2.24, 2.45) is 0 Å². The van der Waals surface area contributed by atoms with Crippen LogP contribution in [0.2, 0.25) is 0 Å². The predicted molar refractivity (Wildman–Crippen MR) is 84.3 cm³/mol. The molecule has 0 spiro atoms. The molecule has 0 radical (unpaired) electrons. The summed E-state index contributed by atoms with van der Waals surface area (Å²) in [5.41, 5.74) is 0.710. The topological polar surface area (TPSA) is 78.9 Å². The number of aliphatic hydroxyl groups excluding tert-OH is 1. The van der Waals surface area contributed by atoms with Crippen LogP contribution in [0, 0.1) is 0 Å². The third kappa shape index (κ3) is 4.29. The third-order valence-corrected chi connectivity index (χ3v) is 3.08. The summed E-state index contributed by atoms with van der Waals surface area (Å²) in [5.74, 6) is -0.166. The van der Waals surface area contributed by atoms with Crippen molar-refractivity contribution in [3.8, 4) is 5.75 Å².